The SMILES string of the molecule is COC(=O)[C@H]1CCCN1c1ncnc2cccc(C)c12. The lowest BCUT2D eigenvalue weighted by atomic mass is 10.1. The maximum atomic E-state index is 11.9. The number of methoxy groups -OCH3 is 1. The Hall–Kier alpha value is -2.17. The van der Waals surface area contributed by atoms with Crippen LogP contribution in [0.3, 0.4) is 0 Å². The fraction of sp³-hybridized carbons (Fsp3) is 0.400. The van der Waals surface area contributed by atoms with E-state index in [4.69, 9.17) is 4.74 Å². The first-order valence-electron chi connectivity index (χ1n) is 6.77. The third-order valence-corrected chi connectivity index (χ3v) is 3.85. The lowest BCUT2D eigenvalue weighted by Gasteiger charge is -2.25. The summed E-state index contributed by atoms with van der Waals surface area (Å²) in [6.45, 7) is 2.86. The van der Waals surface area contributed by atoms with Crippen molar-refractivity contribution in [2.24, 2.45) is 0 Å². The van der Waals surface area contributed by atoms with Crippen LogP contribution in [0.1, 0.15) is 18.4 Å². The van der Waals surface area contributed by atoms with E-state index in [1.165, 1.54) is 7.11 Å². The molecular formula is C15H17N3O2. The summed E-state index contributed by atoms with van der Waals surface area (Å²) in [5, 5.41) is 1.02. The minimum atomic E-state index is -0.238. The molecule has 1 fully saturated rings. The Morgan fingerprint density at radius 3 is 3.05 bits per heavy atom. The topological polar surface area (TPSA) is 55.3 Å². The van der Waals surface area contributed by atoms with Crippen LogP contribution >= 0.6 is 0 Å². The minimum absolute atomic E-state index is 0.192. The van der Waals surface area contributed by atoms with Crippen molar-refractivity contribution in [2.45, 2.75) is 25.8 Å². The Bertz CT molecular complexity index is 651. The van der Waals surface area contributed by atoms with Gasteiger partial charge in [0.2, 0.25) is 0 Å². The number of fused-ring (bicyclic) bond motifs is 1. The van der Waals surface area contributed by atoms with Crippen molar-refractivity contribution in [3.05, 3.63) is 30.1 Å². The van der Waals surface area contributed by atoms with Gasteiger partial charge >= 0.3 is 5.97 Å². The second-order valence-electron chi connectivity index (χ2n) is 5.04. The lowest BCUT2D eigenvalue weighted by molar-refractivity contribution is -0.141. The van der Waals surface area contributed by atoms with E-state index in [0.29, 0.717) is 0 Å². The lowest BCUT2D eigenvalue weighted by Crippen LogP contribution is -2.37. The molecule has 0 spiro atoms. The van der Waals surface area contributed by atoms with Crippen molar-refractivity contribution in [1.82, 2.24) is 9.97 Å². The molecule has 0 saturated carbocycles. The summed E-state index contributed by atoms with van der Waals surface area (Å²) < 4.78 is 4.90. The number of esters is 1. The third-order valence-electron chi connectivity index (χ3n) is 3.85. The van der Waals surface area contributed by atoms with E-state index < -0.39 is 0 Å². The molecule has 0 N–H and O–H groups in total. The van der Waals surface area contributed by atoms with E-state index in [-0.39, 0.29) is 12.0 Å². The van der Waals surface area contributed by atoms with Gasteiger partial charge in [-0.1, -0.05) is 12.1 Å². The van der Waals surface area contributed by atoms with Gasteiger partial charge in [0, 0.05) is 11.9 Å². The number of anilines is 1. The Morgan fingerprint density at radius 1 is 1.40 bits per heavy atom. The van der Waals surface area contributed by atoms with Crippen molar-refractivity contribution in [1.29, 1.82) is 0 Å². The molecule has 1 aliphatic heterocycles. The van der Waals surface area contributed by atoms with Gasteiger partial charge in [0.1, 0.15) is 18.2 Å². The van der Waals surface area contributed by atoms with Gasteiger partial charge in [0.15, 0.2) is 0 Å². The van der Waals surface area contributed by atoms with Crippen LogP contribution in [0.4, 0.5) is 5.82 Å². The van der Waals surface area contributed by atoms with Crippen molar-refractivity contribution in [2.75, 3.05) is 18.6 Å². The maximum Gasteiger partial charge on any atom is 0.328 e. The summed E-state index contributed by atoms with van der Waals surface area (Å²) in [5.41, 5.74) is 2.03. The van der Waals surface area contributed by atoms with Crippen molar-refractivity contribution >= 4 is 22.7 Å². The molecule has 104 valence electrons. The highest BCUT2D eigenvalue weighted by Crippen LogP contribution is 2.31. The van der Waals surface area contributed by atoms with E-state index in [2.05, 4.69) is 9.97 Å². The molecule has 0 bridgehead atoms. The predicted octanol–water partition coefficient (Wildman–Crippen LogP) is 2.08. The summed E-state index contributed by atoms with van der Waals surface area (Å²) in [4.78, 5) is 22.7. The molecule has 1 saturated heterocycles. The highest BCUT2D eigenvalue weighted by Gasteiger charge is 2.33. The molecule has 3 rings (SSSR count). The average molecular weight is 271 g/mol. The number of hydrogen-bond donors (Lipinski definition) is 0. The van der Waals surface area contributed by atoms with Crippen LogP contribution in [0.15, 0.2) is 24.5 Å². The third kappa shape index (κ3) is 1.99. The summed E-state index contributed by atoms with van der Waals surface area (Å²) in [5.74, 6) is 0.642. The molecule has 1 aromatic carbocycles. The quantitative estimate of drug-likeness (QED) is 0.783. The molecule has 0 amide bonds. The zero-order chi connectivity index (χ0) is 14.1. The number of carbonyl (C=O) groups excluding carboxylic acids is 1. The number of carbonyl (C=O) groups is 1. The summed E-state index contributed by atoms with van der Waals surface area (Å²) in [6.07, 6.45) is 3.34. The number of aryl methyl sites for hydroxylation is 1. The Balaban J connectivity index is 2.12. The number of nitrogens with zero attached hydrogens (tertiary/aromatic N) is 3. The van der Waals surface area contributed by atoms with Gasteiger partial charge in [-0.3, -0.25) is 0 Å². The summed E-state index contributed by atoms with van der Waals surface area (Å²) >= 11 is 0. The van der Waals surface area contributed by atoms with Crippen LogP contribution < -0.4 is 4.90 Å². The summed E-state index contributed by atoms with van der Waals surface area (Å²) in [6, 6.07) is 5.75. The number of aromatic nitrogens is 2. The largest absolute Gasteiger partial charge is 0.467 e. The van der Waals surface area contributed by atoms with E-state index in [9.17, 15) is 4.79 Å². The number of rotatable bonds is 2. The fourth-order valence-electron chi connectivity index (χ4n) is 2.88. The van der Waals surface area contributed by atoms with Crippen molar-refractivity contribution in [3.63, 3.8) is 0 Å². The van der Waals surface area contributed by atoms with Gasteiger partial charge in [0.05, 0.1) is 12.6 Å². The van der Waals surface area contributed by atoms with E-state index in [1.807, 2.05) is 30.0 Å². The van der Waals surface area contributed by atoms with E-state index in [0.717, 1.165) is 41.7 Å². The van der Waals surface area contributed by atoms with Gasteiger partial charge in [0.25, 0.3) is 0 Å². The smallest absolute Gasteiger partial charge is 0.328 e. The number of ether oxygens (including phenoxy) is 1. The van der Waals surface area contributed by atoms with Crippen LogP contribution in [-0.4, -0.2) is 35.6 Å². The summed E-state index contributed by atoms with van der Waals surface area (Å²) in [7, 11) is 1.43. The van der Waals surface area contributed by atoms with Gasteiger partial charge in [-0.15, -0.1) is 0 Å². The van der Waals surface area contributed by atoms with E-state index >= 15 is 0 Å². The molecule has 0 radical (unpaired) electrons. The van der Waals surface area contributed by atoms with Crippen molar-refractivity contribution < 1.29 is 9.53 Å². The second kappa shape index (κ2) is 5.07. The zero-order valence-electron chi connectivity index (χ0n) is 11.7. The predicted molar refractivity (Wildman–Crippen MR) is 76.7 cm³/mol. The highest BCUT2D eigenvalue weighted by atomic mass is 16.5. The molecule has 0 aliphatic carbocycles. The van der Waals surface area contributed by atoms with Crippen LogP contribution in [0.2, 0.25) is 0 Å². The van der Waals surface area contributed by atoms with Crippen molar-refractivity contribution in [3.8, 4) is 0 Å². The van der Waals surface area contributed by atoms with Crippen LogP contribution in [0, 0.1) is 6.92 Å². The normalized spacial score (nSPS) is 18.5. The molecule has 1 aromatic heterocycles. The van der Waals surface area contributed by atoms with Gasteiger partial charge in [-0.05, 0) is 31.4 Å². The van der Waals surface area contributed by atoms with E-state index in [1.54, 1.807) is 6.33 Å². The molecule has 20 heavy (non-hydrogen) atoms. The zero-order valence-corrected chi connectivity index (χ0v) is 11.7. The Morgan fingerprint density at radius 2 is 2.25 bits per heavy atom. The highest BCUT2D eigenvalue weighted by molar-refractivity contribution is 5.94. The average Bonchev–Trinajstić information content (AvgIpc) is 2.95. The van der Waals surface area contributed by atoms with Gasteiger partial charge in [-0.2, -0.15) is 0 Å². The number of benzene rings is 1. The molecule has 5 heteroatoms. The molecule has 1 atom stereocenters. The van der Waals surface area contributed by atoms with Gasteiger partial charge in [-0.25, -0.2) is 14.8 Å². The van der Waals surface area contributed by atoms with Crippen LogP contribution in [0.5, 0.6) is 0 Å². The molecular weight excluding hydrogens is 254 g/mol. The first-order valence-corrected chi connectivity index (χ1v) is 6.77. The Labute approximate surface area is 117 Å². The maximum absolute atomic E-state index is 11.9. The Kier molecular flexibility index (Phi) is 3.26. The second-order valence-corrected chi connectivity index (χ2v) is 5.04. The molecule has 2 heterocycles. The molecule has 5 nitrogen and oxygen atoms in total. The minimum Gasteiger partial charge on any atom is -0.467 e. The number of hydrogen-bond acceptors (Lipinski definition) is 5. The molecule has 0 unspecified atom stereocenters. The monoisotopic (exact) mass is 271 g/mol. The van der Waals surface area contributed by atoms with Crippen LogP contribution in [-0.2, 0) is 9.53 Å². The molecule has 2 aromatic rings. The standard InChI is InChI=1S/C15H17N3O2/c1-10-5-3-6-11-13(10)14(17-9-16-11)18-8-4-7-12(18)15(19)20-2/h3,5-6,9,12H,4,7-8H2,1-2H3/t12-/m1/s1. The van der Waals surface area contributed by atoms with Gasteiger partial charge < -0.3 is 9.64 Å². The first kappa shape index (κ1) is 12.8. The first-order chi connectivity index (χ1) is 9.72. The van der Waals surface area contributed by atoms with Crippen LogP contribution in [0.25, 0.3) is 10.9 Å². The fourth-order valence-corrected chi connectivity index (χ4v) is 2.88. The molecule has 1 aliphatic rings.